The molecule has 2 aromatic heterocycles. The van der Waals surface area contributed by atoms with Gasteiger partial charge in [0, 0.05) is 54.2 Å². The minimum absolute atomic E-state index is 0.0153. The van der Waals surface area contributed by atoms with E-state index >= 15 is 0 Å². The van der Waals surface area contributed by atoms with Gasteiger partial charge in [0.2, 0.25) is 29.5 Å². The van der Waals surface area contributed by atoms with Crippen molar-refractivity contribution in [2.24, 2.45) is 5.73 Å². The summed E-state index contributed by atoms with van der Waals surface area (Å²) in [5.41, 5.74) is 14.0. The molecule has 6 amide bonds. The predicted molar refractivity (Wildman–Crippen MR) is 296 cm³/mol. The molecular formula is C61H61N9O9. The van der Waals surface area contributed by atoms with Crippen LogP contribution in [0.5, 0.6) is 5.75 Å². The summed E-state index contributed by atoms with van der Waals surface area (Å²) in [4.78, 5) is 94.6. The molecule has 6 aromatic carbocycles. The number of H-pyrrole nitrogens is 2. The summed E-state index contributed by atoms with van der Waals surface area (Å²) in [6.45, 7) is 1.42. The maximum Gasteiger partial charge on any atom is 0.407 e. The lowest BCUT2D eigenvalue weighted by atomic mass is 9.98. The lowest BCUT2D eigenvalue weighted by molar-refractivity contribution is -0.135. The number of rotatable bonds is 25. The highest BCUT2D eigenvalue weighted by molar-refractivity contribution is 5.97. The second-order valence-corrected chi connectivity index (χ2v) is 19.3. The van der Waals surface area contributed by atoms with Crippen LogP contribution in [-0.2, 0) is 65.9 Å². The number of para-hydroxylation sites is 1. The van der Waals surface area contributed by atoms with E-state index in [0.29, 0.717) is 29.2 Å². The fraction of sp³-hybridized carbons (Fsp3) is 0.230. The molecule has 0 aliphatic heterocycles. The number of amides is 6. The van der Waals surface area contributed by atoms with Crippen LogP contribution in [0.4, 0.5) is 4.79 Å². The molecule has 0 saturated carbocycles. The Morgan fingerprint density at radius 3 is 1.77 bits per heavy atom. The van der Waals surface area contributed by atoms with E-state index < -0.39 is 65.8 Å². The summed E-state index contributed by atoms with van der Waals surface area (Å²) in [5.74, 6) is -3.50. The number of aromatic nitrogens is 3. The number of imidazole rings is 1. The molecular weight excluding hydrogens is 1000 g/mol. The van der Waals surface area contributed by atoms with Crippen molar-refractivity contribution in [2.75, 3.05) is 13.2 Å². The van der Waals surface area contributed by atoms with Gasteiger partial charge in [0.15, 0.2) is 0 Å². The molecule has 404 valence electrons. The minimum Gasteiger partial charge on any atom is -0.489 e. The van der Waals surface area contributed by atoms with Crippen molar-refractivity contribution in [1.82, 2.24) is 41.5 Å². The second kappa shape index (κ2) is 26.0. The molecule has 9 N–H and O–H groups in total. The number of benzene rings is 6. The molecule has 0 spiro atoms. The van der Waals surface area contributed by atoms with Crippen molar-refractivity contribution in [1.29, 1.82) is 0 Å². The van der Waals surface area contributed by atoms with Crippen LogP contribution in [-0.4, -0.2) is 94.0 Å². The van der Waals surface area contributed by atoms with Crippen LogP contribution in [0.2, 0.25) is 0 Å². The number of hydrogen-bond donors (Lipinski definition) is 8. The molecule has 9 rings (SSSR count). The first kappa shape index (κ1) is 54.2. The van der Waals surface area contributed by atoms with Crippen LogP contribution in [0.1, 0.15) is 51.9 Å². The van der Waals surface area contributed by atoms with E-state index in [1.807, 2.05) is 133 Å². The molecule has 5 atom stereocenters. The van der Waals surface area contributed by atoms with E-state index in [1.165, 1.54) is 19.4 Å². The Labute approximate surface area is 456 Å². The number of nitrogens with two attached hydrogens (primary N) is 1. The summed E-state index contributed by atoms with van der Waals surface area (Å²) in [6, 6.07) is 42.8. The van der Waals surface area contributed by atoms with Crippen LogP contribution in [0.25, 0.3) is 22.0 Å². The van der Waals surface area contributed by atoms with Crippen LogP contribution in [0.15, 0.2) is 176 Å². The zero-order valence-electron chi connectivity index (χ0n) is 43.4. The van der Waals surface area contributed by atoms with Gasteiger partial charge in [-0.2, -0.15) is 0 Å². The Hall–Kier alpha value is -9.55. The fourth-order valence-electron chi connectivity index (χ4n) is 9.50. The quantitative estimate of drug-likeness (QED) is 0.0328. The maximum absolute atomic E-state index is 15.0. The van der Waals surface area contributed by atoms with Crippen LogP contribution in [0.3, 0.4) is 0 Å². The molecule has 8 aromatic rings. The second-order valence-electron chi connectivity index (χ2n) is 19.3. The first-order chi connectivity index (χ1) is 38.4. The normalized spacial score (nSPS) is 13.6. The van der Waals surface area contributed by atoms with Gasteiger partial charge in [-0.3, -0.25) is 24.0 Å². The number of carbonyl (C=O) groups excluding carboxylic acids is 6. The lowest BCUT2D eigenvalue weighted by Crippen LogP contribution is -2.60. The molecule has 0 bridgehead atoms. The largest absolute Gasteiger partial charge is 0.489 e. The van der Waals surface area contributed by atoms with Crippen molar-refractivity contribution in [3.63, 3.8) is 0 Å². The van der Waals surface area contributed by atoms with Gasteiger partial charge in [-0.1, -0.05) is 140 Å². The van der Waals surface area contributed by atoms with Crippen LogP contribution < -0.4 is 37.1 Å². The molecule has 1 aliphatic rings. The molecule has 79 heavy (non-hydrogen) atoms. The molecule has 0 unspecified atom stereocenters. The third-order valence-electron chi connectivity index (χ3n) is 13.7. The number of aromatic amines is 2. The van der Waals surface area contributed by atoms with Gasteiger partial charge in [0.25, 0.3) is 0 Å². The number of ether oxygens (including phenoxy) is 3. The number of alkyl carbamates (subject to hydrolysis) is 1. The Bertz CT molecular complexity index is 3330. The summed E-state index contributed by atoms with van der Waals surface area (Å²) >= 11 is 0. The number of carbonyl (C=O) groups is 6. The van der Waals surface area contributed by atoms with Gasteiger partial charge in [0.1, 0.15) is 49.2 Å². The Morgan fingerprint density at radius 2 is 1.13 bits per heavy atom. The van der Waals surface area contributed by atoms with Gasteiger partial charge in [-0.15, -0.1) is 0 Å². The molecule has 18 nitrogen and oxygen atoms in total. The highest BCUT2D eigenvalue weighted by Gasteiger charge is 2.34. The van der Waals surface area contributed by atoms with E-state index in [4.69, 9.17) is 19.9 Å². The van der Waals surface area contributed by atoms with Crippen molar-refractivity contribution in [3.05, 3.63) is 216 Å². The third-order valence-corrected chi connectivity index (χ3v) is 13.7. The zero-order valence-corrected chi connectivity index (χ0v) is 43.4. The number of fused-ring (bicyclic) bond motifs is 4. The average Bonchev–Trinajstić information content (AvgIpc) is 4.41. The van der Waals surface area contributed by atoms with Gasteiger partial charge >= 0.3 is 6.09 Å². The van der Waals surface area contributed by atoms with E-state index in [9.17, 15) is 28.8 Å². The summed E-state index contributed by atoms with van der Waals surface area (Å²) in [7, 11) is 0. The van der Waals surface area contributed by atoms with Gasteiger partial charge in [0.05, 0.1) is 19.5 Å². The molecule has 1 aliphatic carbocycles. The zero-order chi connectivity index (χ0) is 55.1. The monoisotopic (exact) mass is 1060 g/mol. The minimum atomic E-state index is -1.45. The van der Waals surface area contributed by atoms with Crippen molar-refractivity contribution in [3.8, 4) is 16.9 Å². The number of primary amides is 1. The predicted octanol–water partition coefficient (Wildman–Crippen LogP) is 6.07. The molecule has 18 heteroatoms. The lowest BCUT2D eigenvalue weighted by Gasteiger charge is -2.27. The average molecular weight is 1060 g/mol. The first-order valence-corrected chi connectivity index (χ1v) is 26.0. The van der Waals surface area contributed by atoms with Crippen molar-refractivity contribution < 1.29 is 43.0 Å². The number of nitrogens with zero attached hydrogens (tertiary/aromatic N) is 1. The van der Waals surface area contributed by atoms with Crippen molar-refractivity contribution >= 4 is 46.5 Å². The summed E-state index contributed by atoms with van der Waals surface area (Å²) in [5, 5.41) is 14.6. The first-order valence-electron chi connectivity index (χ1n) is 26.0. The van der Waals surface area contributed by atoms with Crippen molar-refractivity contribution in [2.45, 2.75) is 75.5 Å². The van der Waals surface area contributed by atoms with E-state index in [2.05, 4.69) is 41.5 Å². The summed E-state index contributed by atoms with van der Waals surface area (Å²) < 4.78 is 18.0. The van der Waals surface area contributed by atoms with E-state index in [1.54, 1.807) is 30.5 Å². The van der Waals surface area contributed by atoms with E-state index in [-0.39, 0.29) is 45.0 Å². The topological polar surface area (TPSA) is 261 Å². The number of nitrogens with one attached hydrogen (secondary N) is 7. The van der Waals surface area contributed by atoms with Gasteiger partial charge in [-0.25, -0.2) is 9.78 Å². The SMILES string of the molecule is C[C@@H](NC(=O)[C@H](Cc1c[nH]c2ccccc12)NC(=O)[C@H](COCc1ccccc1)NC(=O)[C@H](Cc1ccc(OCc2ccccc2)cc1)NC(=O)[C@H](Cc1cnc[nH]1)NC(=O)OCC1c2ccccc2-c2ccccc21)C(N)=O. The van der Waals surface area contributed by atoms with E-state index in [0.717, 1.165) is 44.3 Å². The maximum atomic E-state index is 15.0. The molecule has 0 radical (unpaired) electrons. The van der Waals surface area contributed by atoms with Gasteiger partial charge < -0.3 is 56.5 Å². The smallest absolute Gasteiger partial charge is 0.407 e. The number of hydrogen-bond acceptors (Lipinski definition) is 10. The highest BCUT2D eigenvalue weighted by atomic mass is 16.5. The Morgan fingerprint density at radius 1 is 0.570 bits per heavy atom. The fourth-order valence-corrected chi connectivity index (χ4v) is 9.50. The van der Waals surface area contributed by atoms with Crippen LogP contribution in [0, 0.1) is 0 Å². The Balaban J connectivity index is 0.972. The Kier molecular flexibility index (Phi) is 17.9. The standard InChI is InChI=1S/C61H61N9O9/c1-38(56(62)71)66-57(72)53(29-42-31-64-51-23-13-12-18-45(42)51)68-60(75)55(36-77-33-40-14-4-2-5-15-40)69-58(73)52(28-39-24-26-44(27-25-39)78-34-41-16-6-3-7-17-41)67-59(74)54(30-43-32-63-37-65-43)70-61(76)79-35-50-48-21-10-8-19-46(48)47-20-9-11-22-49(47)50/h2-27,31-32,37-38,50,52-55,64H,28-30,33-36H2,1H3,(H2,62,71)(H,63,65)(H,66,72)(H,67,74)(H,68,75)(H,69,73)(H,70,76)/t38-,52+,53+,54+,55+/m1/s1. The molecule has 2 heterocycles. The van der Waals surface area contributed by atoms with Crippen LogP contribution >= 0.6 is 0 Å². The van der Waals surface area contributed by atoms with Gasteiger partial charge in [-0.05, 0) is 69.6 Å². The molecule has 0 fully saturated rings. The molecule has 0 saturated heterocycles. The third kappa shape index (κ3) is 14.3. The summed E-state index contributed by atoms with van der Waals surface area (Å²) in [6.07, 6.45) is 3.66. The highest BCUT2D eigenvalue weighted by Crippen LogP contribution is 2.44.